The highest BCUT2D eigenvalue weighted by molar-refractivity contribution is 6.06. The van der Waals surface area contributed by atoms with Crippen LogP contribution >= 0.6 is 0 Å². The number of hydrogen-bond donors (Lipinski definition) is 3. The van der Waals surface area contributed by atoms with E-state index in [0.29, 0.717) is 34.1 Å². The van der Waals surface area contributed by atoms with E-state index in [4.69, 9.17) is 10.8 Å². The number of rotatable bonds is 3. The van der Waals surface area contributed by atoms with Crippen LogP contribution in [0.25, 0.3) is 33.2 Å². The Balaban J connectivity index is 1.58. The van der Waals surface area contributed by atoms with Gasteiger partial charge in [0.2, 0.25) is 0 Å². The molecule has 1 aromatic carbocycles. The summed E-state index contributed by atoms with van der Waals surface area (Å²) < 4.78 is 3.46. The van der Waals surface area contributed by atoms with Gasteiger partial charge in [-0.2, -0.15) is 10.2 Å². The van der Waals surface area contributed by atoms with Crippen LogP contribution in [-0.2, 0) is 12.6 Å². The summed E-state index contributed by atoms with van der Waals surface area (Å²) in [6.07, 6.45) is 3.08. The van der Waals surface area contributed by atoms with Crippen molar-refractivity contribution in [1.82, 2.24) is 34.5 Å². The molecule has 0 spiro atoms. The van der Waals surface area contributed by atoms with Gasteiger partial charge in [-0.25, -0.2) is 14.6 Å². The number of carbonyl (C=O) groups is 1. The molecule has 4 N–H and O–H groups in total. The van der Waals surface area contributed by atoms with E-state index in [1.54, 1.807) is 24.0 Å². The number of amides is 1. The van der Waals surface area contributed by atoms with E-state index in [-0.39, 0.29) is 11.4 Å². The summed E-state index contributed by atoms with van der Waals surface area (Å²) in [5.41, 5.74) is 9.42. The molecule has 0 radical (unpaired) electrons. The molecular weight excluding hydrogens is 406 g/mol. The SMILES string of the molecule is Cn1nccc1NC(=O)c1cc2ccc(-c3nn(C(C)(C)C)c4ncnc(N)c34)cc2[nH]1. The third-order valence-corrected chi connectivity index (χ3v) is 5.33. The summed E-state index contributed by atoms with van der Waals surface area (Å²) in [6.45, 7) is 6.18. The van der Waals surface area contributed by atoms with Crippen LogP contribution in [0.2, 0.25) is 0 Å². The standard InChI is InChI=1S/C22H23N9O/c1-22(2,3)31-20-17(19(23)24-11-25-20)18(29-31)13-6-5-12-9-15(27-14(12)10-13)21(32)28-16-7-8-26-30(16)4/h5-11,27H,1-4H3,(H,28,32)(H2,23,24,25). The highest BCUT2D eigenvalue weighted by atomic mass is 16.2. The number of nitrogens with zero attached hydrogens (tertiary/aromatic N) is 6. The third kappa shape index (κ3) is 3.16. The first kappa shape index (κ1) is 19.7. The van der Waals surface area contributed by atoms with Gasteiger partial charge in [-0.3, -0.25) is 9.48 Å². The predicted molar refractivity (Wildman–Crippen MR) is 123 cm³/mol. The molecule has 4 heterocycles. The zero-order valence-electron chi connectivity index (χ0n) is 18.2. The minimum atomic E-state index is -0.287. The maximum Gasteiger partial charge on any atom is 0.273 e. The number of fused-ring (bicyclic) bond motifs is 2. The predicted octanol–water partition coefficient (Wildman–Crippen LogP) is 3.30. The van der Waals surface area contributed by atoms with Crippen molar-refractivity contribution in [2.45, 2.75) is 26.3 Å². The lowest BCUT2D eigenvalue weighted by Crippen LogP contribution is -2.23. The van der Waals surface area contributed by atoms with Crippen LogP contribution < -0.4 is 11.1 Å². The quantitative estimate of drug-likeness (QED) is 0.403. The molecule has 5 rings (SSSR count). The van der Waals surface area contributed by atoms with Gasteiger partial charge in [0, 0.05) is 29.6 Å². The molecule has 0 bridgehead atoms. The number of aromatic nitrogens is 7. The number of H-pyrrole nitrogens is 1. The summed E-state index contributed by atoms with van der Waals surface area (Å²) in [5, 5.41) is 13.4. The van der Waals surface area contributed by atoms with Gasteiger partial charge in [0.25, 0.3) is 5.91 Å². The number of aromatic amines is 1. The highest BCUT2D eigenvalue weighted by Gasteiger charge is 2.24. The Bertz CT molecular complexity index is 1480. The van der Waals surface area contributed by atoms with Gasteiger partial charge < -0.3 is 16.0 Å². The van der Waals surface area contributed by atoms with Gasteiger partial charge in [-0.15, -0.1) is 0 Å². The highest BCUT2D eigenvalue weighted by Crippen LogP contribution is 2.34. The fourth-order valence-electron chi connectivity index (χ4n) is 3.72. The topological polar surface area (TPSA) is 132 Å². The molecule has 32 heavy (non-hydrogen) atoms. The van der Waals surface area contributed by atoms with Crippen molar-refractivity contribution in [2.24, 2.45) is 7.05 Å². The zero-order valence-corrected chi connectivity index (χ0v) is 18.2. The normalized spacial score (nSPS) is 12.0. The Morgan fingerprint density at radius 3 is 2.69 bits per heavy atom. The van der Waals surface area contributed by atoms with Crippen LogP contribution in [0.3, 0.4) is 0 Å². The molecule has 0 fully saturated rings. The number of carbonyl (C=O) groups excluding carboxylic acids is 1. The minimum Gasteiger partial charge on any atom is -0.383 e. The number of benzene rings is 1. The van der Waals surface area contributed by atoms with Crippen LogP contribution in [0, 0.1) is 0 Å². The van der Waals surface area contributed by atoms with Crippen molar-refractivity contribution in [3.8, 4) is 11.3 Å². The van der Waals surface area contributed by atoms with E-state index in [1.807, 2.05) is 28.9 Å². The molecule has 5 aromatic rings. The molecule has 0 aliphatic heterocycles. The number of nitrogens with one attached hydrogen (secondary N) is 2. The second-order valence-electron chi connectivity index (χ2n) is 8.67. The average molecular weight is 429 g/mol. The van der Waals surface area contributed by atoms with Crippen molar-refractivity contribution in [3.63, 3.8) is 0 Å². The van der Waals surface area contributed by atoms with Crippen molar-refractivity contribution < 1.29 is 4.79 Å². The number of anilines is 2. The molecular formula is C22H23N9O. The molecule has 0 saturated heterocycles. The molecule has 0 aliphatic rings. The van der Waals surface area contributed by atoms with Gasteiger partial charge in [-0.05, 0) is 32.9 Å². The third-order valence-electron chi connectivity index (χ3n) is 5.33. The summed E-state index contributed by atoms with van der Waals surface area (Å²) in [5.74, 6) is 0.749. The monoisotopic (exact) mass is 429 g/mol. The van der Waals surface area contributed by atoms with Crippen LogP contribution in [0.4, 0.5) is 11.6 Å². The van der Waals surface area contributed by atoms with E-state index >= 15 is 0 Å². The van der Waals surface area contributed by atoms with E-state index in [2.05, 4.69) is 46.1 Å². The molecule has 162 valence electrons. The first-order valence-electron chi connectivity index (χ1n) is 10.1. The van der Waals surface area contributed by atoms with Crippen LogP contribution in [-0.4, -0.2) is 40.4 Å². The van der Waals surface area contributed by atoms with Crippen LogP contribution in [0.15, 0.2) is 42.9 Å². The lowest BCUT2D eigenvalue weighted by molar-refractivity contribution is 0.102. The van der Waals surface area contributed by atoms with Gasteiger partial charge in [0.1, 0.15) is 29.4 Å². The fraction of sp³-hybridized carbons (Fsp3) is 0.227. The Hall–Kier alpha value is -4.21. The number of nitrogens with two attached hydrogens (primary N) is 1. The summed E-state index contributed by atoms with van der Waals surface area (Å²) >= 11 is 0. The smallest absolute Gasteiger partial charge is 0.273 e. The Morgan fingerprint density at radius 2 is 1.97 bits per heavy atom. The summed E-state index contributed by atoms with van der Waals surface area (Å²) in [4.78, 5) is 24.5. The first-order valence-corrected chi connectivity index (χ1v) is 10.1. The van der Waals surface area contributed by atoms with E-state index in [1.165, 1.54) is 6.33 Å². The Morgan fingerprint density at radius 1 is 1.16 bits per heavy atom. The molecule has 0 unspecified atom stereocenters. The van der Waals surface area contributed by atoms with Crippen LogP contribution in [0.5, 0.6) is 0 Å². The van der Waals surface area contributed by atoms with Crippen LogP contribution in [0.1, 0.15) is 31.3 Å². The Labute approximate surface area is 183 Å². The van der Waals surface area contributed by atoms with Crippen molar-refractivity contribution in [2.75, 3.05) is 11.1 Å². The van der Waals surface area contributed by atoms with E-state index < -0.39 is 0 Å². The minimum absolute atomic E-state index is 0.244. The lowest BCUT2D eigenvalue weighted by atomic mass is 10.1. The molecule has 10 heteroatoms. The molecule has 0 saturated carbocycles. The second kappa shape index (κ2) is 6.91. The number of aryl methyl sites for hydroxylation is 1. The van der Waals surface area contributed by atoms with Gasteiger partial charge in [0.05, 0.1) is 17.1 Å². The molecule has 10 nitrogen and oxygen atoms in total. The Kier molecular flexibility index (Phi) is 4.26. The van der Waals surface area contributed by atoms with Gasteiger partial charge >= 0.3 is 0 Å². The first-order chi connectivity index (χ1) is 15.2. The largest absolute Gasteiger partial charge is 0.383 e. The number of nitrogen functional groups attached to an aromatic ring is 1. The zero-order chi connectivity index (χ0) is 22.6. The van der Waals surface area contributed by atoms with Crippen molar-refractivity contribution >= 4 is 39.5 Å². The molecule has 1 amide bonds. The average Bonchev–Trinajstić information content (AvgIpc) is 3.44. The fourth-order valence-corrected chi connectivity index (χ4v) is 3.72. The molecule has 0 aliphatic carbocycles. The lowest BCUT2D eigenvalue weighted by Gasteiger charge is -2.19. The molecule has 0 atom stereocenters. The second-order valence-corrected chi connectivity index (χ2v) is 8.67. The van der Waals surface area contributed by atoms with E-state index in [0.717, 1.165) is 16.5 Å². The summed E-state index contributed by atoms with van der Waals surface area (Å²) in [7, 11) is 1.77. The number of hydrogen-bond acceptors (Lipinski definition) is 6. The summed E-state index contributed by atoms with van der Waals surface area (Å²) in [6, 6.07) is 9.41. The molecule has 4 aromatic heterocycles. The van der Waals surface area contributed by atoms with Gasteiger partial charge in [0.15, 0.2) is 5.65 Å². The van der Waals surface area contributed by atoms with Crippen molar-refractivity contribution in [3.05, 3.63) is 48.5 Å². The van der Waals surface area contributed by atoms with Crippen molar-refractivity contribution in [1.29, 1.82) is 0 Å². The maximum atomic E-state index is 12.7. The van der Waals surface area contributed by atoms with E-state index in [9.17, 15) is 4.79 Å². The maximum absolute atomic E-state index is 12.7. The van der Waals surface area contributed by atoms with Gasteiger partial charge in [-0.1, -0.05) is 12.1 Å².